The topological polar surface area (TPSA) is 41.5 Å². The molecule has 2 N–H and O–H groups in total. The van der Waals surface area contributed by atoms with Crippen LogP contribution < -0.4 is 10.1 Å². The Kier molecular flexibility index (Phi) is 14.6. The molecule has 44 heavy (non-hydrogen) atoms. The Morgan fingerprint density at radius 1 is 0.909 bits per heavy atom. The number of nitrogens with one attached hydrogen (secondary N) is 1. The summed E-state index contributed by atoms with van der Waals surface area (Å²) in [6, 6.07) is 14.7. The summed E-state index contributed by atoms with van der Waals surface area (Å²) >= 11 is 6.53. The fraction of sp³-hybridized carbons (Fsp3) is 0.526. The average Bonchev–Trinajstić information content (AvgIpc) is 3.16. The summed E-state index contributed by atoms with van der Waals surface area (Å²) in [4.78, 5) is 0. The maximum atomic E-state index is 15.8. The molecule has 0 radical (unpaired) electrons. The summed E-state index contributed by atoms with van der Waals surface area (Å²) in [6.45, 7) is 10.9. The first kappa shape index (κ1) is 36.0. The Bertz CT molecular complexity index is 1300. The molecule has 0 heterocycles. The number of benzene rings is 3. The molecule has 3 aromatic carbocycles. The van der Waals surface area contributed by atoms with Crippen molar-refractivity contribution >= 4 is 11.6 Å². The van der Waals surface area contributed by atoms with Crippen molar-refractivity contribution in [1.29, 1.82) is 0 Å². The Morgan fingerprint density at radius 2 is 1.52 bits per heavy atom. The minimum Gasteiger partial charge on any atom is -0.488 e. The van der Waals surface area contributed by atoms with Gasteiger partial charge in [0.15, 0.2) is 11.6 Å². The van der Waals surface area contributed by atoms with E-state index in [9.17, 15) is 0 Å². The van der Waals surface area contributed by atoms with Gasteiger partial charge in [-0.1, -0.05) is 121 Å². The lowest BCUT2D eigenvalue weighted by Crippen LogP contribution is -2.32. The number of likely N-dealkylation sites (N-methyl/N-ethyl adjacent to an activating group) is 1. The lowest BCUT2D eigenvalue weighted by atomic mass is 9.84. The Labute approximate surface area is 269 Å². The van der Waals surface area contributed by atoms with E-state index in [0.717, 1.165) is 34.1 Å². The standard InChI is InChI=1S/C26H26ClF2NO2.C8H16.C4H10/c1-15-20(30-2)14-17-8-9-21(32-11-10-31)26(29)23(17)24-22(15)18(13-19(28)25(24)27)12-16-6-4-3-5-7-16;1-7-3-5-8(2)6-4-7;1-3-4-2/h3-9,13,15,20,30-31H,10-12,14H2,1-2H3;7-8H,3-6H2,1-2H3;3-4H2,1-2H3/t15-,20?;;/m0../s1. The van der Waals surface area contributed by atoms with Crippen molar-refractivity contribution in [2.45, 2.75) is 97.9 Å². The van der Waals surface area contributed by atoms with Gasteiger partial charge in [-0.25, -0.2) is 8.78 Å². The molecule has 2 atom stereocenters. The smallest absolute Gasteiger partial charge is 0.173 e. The third-order valence-corrected chi connectivity index (χ3v) is 9.42. The molecule has 1 saturated carbocycles. The van der Waals surface area contributed by atoms with Crippen LogP contribution in [0, 0.1) is 23.5 Å². The SMILES string of the molecule is CC1CCC(C)CC1.CCCC.CNC1Cc2ccc(OCCO)c(F)c2-c2c(Cl)c(F)cc(Cc3ccccc3)c2[C@H]1C. The van der Waals surface area contributed by atoms with E-state index in [1.807, 2.05) is 37.4 Å². The maximum Gasteiger partial charge on any atom is 0.173 e. The van der Waals surface area contributed by atoms with Gasteiger partial charge in [0, 0.05) is 17.2 Å². The van der Waals surface area contributed by atoms with E-state index in [0.29, 0.717) is 18.4 Å². The van der Waals surface area contributed by atoms with Crippen LogP contribution in [0.2, 0.25) is 5.02 Å². The summed E-state index contributed by atoms with van der Waals surface area (Å²) in [5.41, 5.74) is 4.08. The van der Waals surface area contributed by atoms with E-state index in [1.165, 1.54) is 44.6 Å². The summed E-state index contributed by atoms with van der Waals surface area (Å²) in [7, 11) is 1.88. The molecule has 0 bridgehead atoms. The zero-order valence-electron chi connectivity index (χ0n) is 27.5. The largest absolute Gasteiger partial charge is 0.488 e. The van der Waals surface area contributed by atoms with E-state index < -0.39 is 11.6 Å². The van der Waals surface area contributed by atoms with E-state index in [1.54, 1.807) is 12.1 Å². The predicted octanol–water partition coefficient (Wildman–Crippen LogP) is 10.1. The molecule has 3 nitrogen and oxygen atoms in total. The van der Waals surface area contributed by atoms with Crippen molar-refractivity contribution < 1.29 is 18.6 Å². The third kappa shape index (κ3) is 9.28. The Morgan fingerprint density at radius 3 is 2.07 bits per heavy atom. The molecule has 1 unspecified atom stereocenters. The first-order chi connectivity index (χ1) is 21.2. The quantitative estimate of drug-likeness (QED) is 0.274. The van der Waals surface area contributed by atoms with Gasteiger partial charge >= 0.3 is 0 Å². The summed E-state index contributed by atoms with van der Waals surface area (Å²) in [5.74, 6) is 0.861. The molecule has 0 aromatic heterocycles. The van der Waals surface area contributed by atoms with Crippen LogP contribution in [0.25, 0.3) is 11.1 Å². The van der Waals surface area contributed by atoms with Crippen molar-refractivity contribution in [3.05, 3.63) is 87.4 Å². The van der Waals surface area contributed by atoms with Gasteiger partial charge in [-0.15, -0.1) is 0 Å². The number of ether oxygens (including phenoxy) is 1. The molecule has 0 aliphatic heterocycles. The van der Waals surface area contributed by atoms with Crippen molar-refractivity contribution in [3.8, 4) is 16.9 Å². The first-order valence-corrected chi connectivity index (χ1v) is 16.8. The van der Waals surface area contributed by atoms with Crippen LogP contribution in [0.4, 0.5) is 8.78 Å². The van der Waals surface area contributed by atoms with Crippen molar-refractivity contribution in [1.82, 2.24) is 5.32 Å². The average molecular weight is 628 g/mol. The van der Waals surface area contributed by atoms with Gasteiger partial charge in [-0.2, -0.15) is 0 Å². The molecule has 0 saturated heterocycles. The number of unbranched alkanes of at least 4 members (excludes halogenated alkanes) is 1. The third-order valence-electron chi connectivity index (χ3n) is 9.05. The number of hydrogen-bond acceptors (Lipinski definition) is 3. The lowest BCUT2D eigenvalue weighted by molar-refractivity contribution is 0.196. The van der Waals surface area contributed by atoms with Crippen LogP contribution in [-0.4, -0.2) is 31.4 Å². The van der Waals surface area contributed by atoms with E-state index in [2.05, 4.69) is 39.9 Å². The molecule has 3 aromatic rings. The second-order valence-corrected chi connectivity index (χ2v) is 12.9. The summed E-state index contributed by atoms with van der Waals surface area (Å²) < 4.78 is 36.3. The molecule has 0 spiro atoms. The first-order valence-electron chi connectivity index (χ1n) is 16.4. The number of fused-ring (bicyclic) bond motifs is 3. The molecule has 1 fully saturated rings. The van der Waals surface area contributed by atoms with Crippen LogP contribution in [0.1, 0.15) is 101 Å². The predicted molar refractivity (Wildman–Crippen MR) is 181 cm³/mol. The normalized spacial score (nSPS) is 20.6. The van der Waals surface area contributed by atoms with Gasteiger partial charge in [0.25, 0.3) is 0 Å². The van der Waals surface area contributed by atoms with Gasteiger partial charge in [0.1, 0.15) is 12.4 Å². The molecule has 0 amide bonds. The van der Waals surface area contributed by atoms with Gasteiger partial charge in [-0.05, 0) is 72.0 Å². The van der Waals surface area contributed by atoms with Gasteiger partial charge in [0.05, 0.1) is 11.6 Å². The number of halogens is 3. The monoisotopic (exact) mass is 627 g/mol. The highest BCUT2D eigenvalue weighted by atomic mass is 35.5. The zero-order valence-corrected chi connectivity index (χ0v) is 28.2. The van der Waals surface area contributed by atoms with Crippen LogP contribution in [0.5, 0.6) is 5.75 Å². The van der Waals surface area contributed by atoms with Crippen LogP contribution in [-0.2, 0) is 12.8 Å². The van der Waals surface area contributed by atoms with Crippen LogP contribution >= 0.6 is 11.6 Å². The molecule has 2 aliphatic carbocycles. The molecule has 2 aliphatic rings. The van der Waals surface area contributed by atoms with Gasteiger partial charge in [0.2, 0.25) is 0 Å². The summed E-state index contributed by atoms with van der Waals surface area (Å²) in [5, 5.41) is 12.4. The van der Waals surface area contributed by atoms with Crippen LogP contribution in [0.15, 0.2) is 48.5 Å². The fourth-order valence-electron chi connectivity index (χ4n) is 6.12. The van der Waals surface area contributed by atoms with E-state index in [4.69, 9.17) is 21.4 Å². The van der Waals surface area contributed by atoms with Crippen molar-refractivity contribution in [2.24, 2.45) is 11.8 Å². The second kappa shape index (κ2) is 17.9. The van der Waals surface area contributed by atoms with Crippen molar-refractivity contribution in [3.63, 3.8) is 0 Å². The Balaban J connectivity index is 0.000000370. The van der Waals surface area contributed by atoms with E-state index in [-0.39, 0.29) is 41.5 Å². The zero-order chi connectivity index (χ0) is 32.2. The fourth-order valence-corrected chi connectivity index (χ4v) is 6.37. The molecule has 6 heteroatoms. The van der Waals surface area contributed by atoms with Gasteiger partial charge in [-0.3, -0.25) is 0 Å². The number of rotatable bonds is 7. The van der Waals surface area contributed by atoms with Crippen LogP contribution in [0.3, 0.4) is 0 Å². The number of hydrogen-bond donors (Lipinski definition) is 2. The minimum atomic E-state index is -0.584. The minimum absolute atomic E-state index is 0.00895. The highest BCUT2D eigenvalue weighted by molar-refractivity contribution is 6.33. The highest BCUT2D eigenvalue weighted by Gasteiger charge is 2.34. The maximum absolute atomic E-state index is 15.8. The summed E-state index contributed by atoms with van der Waals surface area (Å²) in [6.07, 6.45) is 9.60. The van der Waals surface area contributed by atoms with Gasteiger partial charge < -0.3 is 15.2 Å². The molecular weight excluding hydrogens is 576 g/mol. The van der Waals surface area contributed by atoms with E-state index >= 15 is 8.78 Å². The lowest BCUT2D eigenvalue weighted by Gasteiger charge is -2.26. The highest BCUT2D eigenvalue weighted by Crippen LogP contribution is 2.47. The molecular formula is C38H52ClF2NO2. The number of aliphatic hydroxyl groups is 1. The van der Waals surface area contributed by atoms with Crippen molar-refractivity contribution in [2.75, 3.05) is 20.3 Å². The number of aliphatic hydroxyl groups excluding tert-OH is 1. The Hall–Kier alpha value is -2.47. The second-order valence-electron chi connectivity index (χ2n) is 12.5. The molecule has 242 valence electrons. The molecule has 5 rings (SSSR count).